The van der Waals surface area contributed by atoms with E-state index in [0.29, 0.717) is 44.1 Å². The molecule has 0 radical (unpaired) electrons. The molecule has 2 atom stereocenters. The van der Waals surface area contributed by atoms with Crippen molar-refractivity contribution in [1.82, 2.24) is 30.2 Å². The molecule has 0 spiro atoms. The Kier molecular flexibility index (Phi) is 12.8. The van der Waals surface area contributed by atoms with Crippen LogP contribution in [-0.4, -0.2) is 145 Å². The van der Waals surface area contributed by atoms with Crippen molar-refractivity contribution in [2.45, 2.75) is 71.2 Å². The summed E-state index contributed by atoms with van der Waals surface area (Å²) in [6, 6.07) is -1.52. The first-order chi connectivity index (χ1) is 18.5. The second-order valence-corrected chi connectivity index (χ2v) is 13.7. The average molecular weight is 587 g/mol. The Morgan fingerprint density at radius 1 is 0.675 bits per heavy atom. The van der Waals surface area contributed by atoms with Crippen LogP contribution < -0.4 is 10.6 Å². The van der Waals surface area contributed by atoms with Gasteiger partial charge < -0.3 is 39.7 Å². The number of carbonyl (C=O) groups excluding carboxylic acids is 4. The highest BCUT2D eigenvalue weighted by Gasteiger charge is 2.32. The number of nitrogens with one attached hydrogen (secondary N) is 2. The molecule has 12 nitrogen and oxygen atoms in total. The number of nitrogens with zero attached hydrogens (tertiary/aromatic N) is 4. The summed E-state index contributed by atoms with van der Waals surface area (Å²) in [5.74, 6) is 0.509. The van der Waals surface area contributed by atoms with E-state index in [1.807, 2.05) is 14.1 Å². The van der Waals surface area contributed by atoms with Crippen LogP contribution >= 0.6 is 11.8 Å². The fraction of sp³-hybridized carbons (Fsp3) is 0.852. The third kappa shape index (κ3) is 12.5. The van der Waals surface area contributed by atoms with Crippen LogP contribution in [0.3, 0.4) is 0 Å². The highest BCUT2D eigenvalue weighted by Crippen LogP contribution is 2.15. The summed E-state index contributed by atoms with van der Waals surface area (Å²) in [6.07, 6.45) is -0.924. The number of amides is 4. The van der Waals surface area contributed by atoms with Crippen LogP contribution in [0.2, 0.25) is 0 Å². The van der Waals surface area contributed by atoms with Crippen molar-refractivity contribution in [3.63, 3.8) is 0 Å². The summed E-state index contributed by atoms with van der Waals surface area (Å²) in [7, 11) is 4.03. The molecule has 2 fully saturated rings. The number of ether oxygens (including phenoxy) is 2. The summed E-state index contributed by atoms with van der Waals surface area (Å²) in [5, 5.41) is 5.51. The van der Waals surface area contributed by atoms with Crippen molar-refractivity contribution in [3.8, 4) is 0 Å². The first kappa shape index (κ1) is 34.0. The lowest BCUT2D eigenvalue weighted by molar-refractivity contribution is -0.135. The van der Waals surface area contributed by atoms with E-state index < -0.39 is 35.5 Å². The lowest BCUT2D eigenvalue weighted by Gasteiger charge is -2.35. The monoisotopic (exact) mass is 586 g/mol. The Hall–Kier alpha value is -2.25. The van der Waals surface area contributed by atoms with Crippen molar-refractivity contribution in [1.29, 1.82) is 0 Å². The maximum absolute atomic E-state index is 13.3. The minimum atomic E-state index is -0.770. The van der Waals surface area contributed by atoms with Gasteiger partial charge in [-0.05, 0) is 67.8 Å². The molecule has 0 aromatic rings. The average Bonchev–Trinajstić information content (AvgIpc) is 2.83. The van der Waals surface area contributed by atoms with Gasteiger partial charge in [0.25, 0.3) is 0 Å². The number of carbonyl (C=O) groups is 4. The molecule has 13 heteroatoms. The highest BCUT2D eigenvalue weighted by atomic mass is 32.2. The highest BCUT2D eigenvalue weighted by molar-refractivity contribution is 7.99. The molecule has 2 heterocycles. The van der Waals surface area contributed by atoms with Gasteiger partial charge >= 0.3 is 12.2 Å². The van der Waals surface area contributed by atoms with Crippen molar-refractivity contribution >= 4 is 35.8 Å². The molecule has 2 aliphatic heterocycles. The van der Waals surface area contributed by atoms with Gasteiger partial charge in [0.15, 0.2) is 0 Å². The SMILES string of the molecule is CN1CCN(C(=O)[C@H](CCSC[C@H](NC(=O)OC(C)(C)C)C(=O)N2CCN(C)CC2)NC(=O)OC(C)(C)C)CC1. The summed E-state index contributed by atoms with van der Waals surface area (Å²) in [4.78, 5) is 59.6. The number of alkyl carbamates (subject to hydrolysis) is 2. The van der Waals surface area contributed by atoms with Gasteiger partial charge in [0.1, 0.15) is 23.3 Å². The zero-order valence-corrected chi connectivity index (χ0v) is 26.4. The summed E-state index contributed by atoms with van der Waals surface area (Å²) in [6.45, 7) is 16.1. The molecule has 0 aliphatic carbocycles. The third-order valence-corrected chi connectivity index (χ3v) is 7.54. The number of likely N-dealkylation sites (N-methyl/N-ethyl adjacent to an activating group) is 2. The number of hydrogen-bond acceptors (Lipinski definition) is 9. The maximum Gasteiger partial charge on any atom is 0.408 e. The minimum Gasteiger partial charge on any atom is -0.444 e. The zero-order valence-electron chi connectivity index (χ0n) is 25.6. The van der Waals surface area contributed by atoms with Gasteiger partial charge in [0, 0.05) is 58.1 Å². The van der Waals surface area contributed by atoms with Crippen LogP contribution in [-0.2, 0) is 19.1 Å². The molecule has 230 valence electrons. The minimum absolute atomic E-state index is 0.142. The summed E-state index contributed by atoms with van der Waals surface area (Å²) in [5.41, 5.74) is -1.38. The molecule has 2 aliphatic rings. The lowest BCUT2D eigenvalue weighted by Crippen LogP contribution is -2.55. The molecule has 4 amide bonds. The lowest BCUT2D eigenvalue weighted by atomic mass is 10.1. The third-order valence-electron chi connectivity index (χ3n) is 6.44. The molecule has 40 heavy (non-hydrogen) atoms. The quantitative estimate of drug-likeness (QED) is 0.386. The smallest absolute Gasteiger partial charge is 0.408 e. The number of piperazine rings is 2. The number of rotatable bonds is 9. The van der Waals surface area contributed by atoms with Crippen LogP contribution in [0.4, 0.5) is 9.59 Å². The molecule has 2 saturated heterocycles. The van der Waals surface area contributed by atoms with E-state index in [9.17, 15) is 19.2 Å². The van der Waals surface area contributed by atoms with Gasteiger partial charge in [-0.25, -0.2) is 9.59 Å². The van der Waals surface area contributed by atoms with E-state index in [4.69, 9.17) is 9.47 Å². The van der Waals surface area contributed by atoms with Crippen molar-refractivity contribution in [2.24, 2.45) is 0 Å². The first-order valence-electron chi connectivity index (χ1n) is 14.1. The molecular formula is C27H50N6O6S. The van der Waals surface area contributed by atoms with Crippen LogP contribution in [0, 0.1) is 0 Å². The topological polar surface area (TPSA) is 124 Å². The second-order valence-electron chi connectivity index (χ2n) is 12.5. The van der Waals surface area contributed by atoms with Crippen molar-refractivity contribution in [3.05, 3.63) is 0 Å². The molecule has 2 N–H and O–H groups in total. The van der Waals surface area contributed by atoms with Crippen LogP contribution in [0.15, 0.2) is 0 Å². The van der Waals surface area contributed by atoms with Gasteiger partial charge in [-0.1, -0.05) is 0 Å². The standard InChI is InChI=1S/C27H50N6O6S/c1-26(2,3)38-24(36)28-20(22(34)32-14-10-30(7)11-15-32)9-18-40-19-21(29-25(37)39-27(4,5)6)23(35)33-16-12-31(8)13-17-33/h20-21H,9-19H2,1-8H3,(H,28,36)(H,29,37)/t20-,21-/m0/s1. The molecule has 0 bridgehead atoms. The largest absolute Gasteiger partial charge is 0.444 e. The van der Waals surface area contributed by atoms with E-state index in [1.54, 1.807) is 51.3 Å². The Labute approximate surface area is 243 Å². The normalized spacial score (nSPS) is 19.0. The van der Waals surface area contributed by atoms with E-state index in [0.717, 1.165) is 26.2 Å². The van der Waals surface area contributed by atoms with E-state index >= 15 is 0 Å². The summed E-state index contributed by atoms with van der Waals surface area (Å²) < 4.78 is 10.8. The Morgan fingerprint density at radius 2 is 1.05 bits per heavy atom. The van der Waals surface area contributed by atoms with Gasteiger partial charge in [0.2, 0.25) is 11.8 Å². The van der Waals surface area contributed by atoms with Gasteiger partial charge in [-0.2, -0.15) is 11.8 Å². The van der Waals surface area contributed by atoms with Crippen molar-refractivity contribution < 1.29 is 28.7 Å². The number of hydrogen-bond donors (Lipinski definition) is 2. The molecule has 2 rings (SSSR count). The molecule has 0 aromatic carbocycles. The molecule has 0 saturated carbocycles. The van der Waals surface area contributed by atoms with Gasteiger partial charge in [-0.3, -0.25) is 9.59 Å². The second kappa shape index (κ2) is 15.1. The van der Waals surface area contributed by atoms with Crippen molar-refractivity contribution in [2.75, 3.05) is 78.0 Å². The van der Waals surface area contributed by atoms with Crippen LogP contribution in [0.1, 0.15) is 48.0 Å². The molecule has 0 unspecified atom stereocenters. The first-order valence-corrected chi connectivity index (χ1v) is 15.2. The zero-order chi connectivity index (χ0) is 30.1. The van der Waals surface area contributed by atoms with Gasteiger partial charge in [0.05, 0.1) is 0 Å². The fourth-order valence-corrected chi connectivity index (χ4v) is 5.26. The predicted molar refractivity (Wildman–Crippen MR) is 156 cm³/mol. The Balaban J connectivity index is 2.03. The number of thioether (sulfide) groups is 1. The van der Waals surface area contributed by atoms with E-state index in [-0.39, 0.29) is 11.8 Å². The Morgan fingerprint density at radius 3 is 1.45 bits per heavy atom. The molecule has 0 aromatic heterocycles. The molecular weight excluding hydrogens is 536 g/mol. The fourth-order valence-electron chi connectivity index (χ4n) is 4.23. The van der Waals surface area contributed by atoms with Crippen LogP contribution in [0.25, 0.3) is 0 Å². The van der Waals surface area contributed by atoms with Crippen LogP contribution in [0.5, 0.6) is 0 Å². The van der Waals surface area contributed by atoms with E-state index in [1.165, 1.54) is 11.8 Å². The Bertz CT molecular complexity index is 791. The summed E-state index contributed by atoms with van der Waals surface area (Å²) >= 11 is 1.45. The maximum atomic E-state index is 13.3. The van der Waals surface area contributed by atoms with E-state index in [2.05, 4.69) is 20.4 Å². The van der Waals surface area contributed by atoms with Gasteiger partial charge in [-0.15, -0.1) is 0 Å². The predicted octanol–water partition coefficient (Wildman–Crippen LogP) is 1.44.